The van der Waals surface area contributed by atoms with Crippen LogP contribution in [0.5, 0.6) is 0 Å². The standard InChI is InChI=1S/C10H12O4/c1-7(11)8-4-5-9(12)10(6-8,13-2)14-3/h4-6H,1-3H3. The van der Waals surface area contributed by atoms with E-state index in [0.717, 1.165) is 0 Å². The molecule has 0 radical (unpaired) electrons. The van der Waals surface area contributed by atoms with Gasteiger partial charge in [0.05, 0.1) is 0 Å². The van der Waals surface area contributed by atoms with Gasteiger partial charge in [0.1, 0.15) is 0 Å². The Bertz CT molecular complexity index is 321. The van der Waals surface area contributed by atoms with Gasteiger partial charge in [-0.1, -0.05) is 0 Å². The van der Waals surface area contributed by atoms with Gasteiger partial charge in [-0.25, -0.2) is 0 Å². The topological polar surface area (TPSA) is 52.6 Å². The highest BCUT2D eigenvalue weighted by molar-refractivity contribution is 6.05. The molecule has 0 spiro atoms. The van der Waals surface area contributed by atoms with Crippen molar-refractivity contribution in [3.63, 3.8) is 0 Å². The van der Waals surface area contributed by atoms with Crippen molar-refractivity contribution in [1.82, 2.24) is 0 Å². The van der Waals surface area contributed by atoms with Crippen LogP contribution in [0.2, 0.25) is 0 Å². The van der Waals surface area contributed by atoms with Gasteiger partial charge in [0.2, 0.25) is 5.78 Å². The number of ketones is 2. The molecule has 0 aliphatic heterocycles. The molecule has 0 heterocycles. The van der Waals surface area contributed by atoms with Crippen molar-refractivity contribution in [2.24, 2.45) is 0 Å². The second-order valence-electron chi connectivity index (χ2n) is 2.93. The molecule has 0 fully saturated rings. The molecule has 0 atom stereocenters. The van der Waals surface area contributed by atoms with Crippen LogP contribution in [-0.2, 0) is 19.1 Å². The van der Waals surface area contributed by atoms with Gasteiger partial charge in [0.25, 0.3) is 5.79 Å². The van der Waals surface area contributed by atoms with Crippen LogP contribution in [0.1, 0.15) is 6.92 Å². The summed E-state index contributed by atoms with van der Waals surface area (Å²) in [6, 6.07) is 0. The van der Waals surface area contributed by atoms with Crippen molar-refractivity contribution in [3.8, 4) is 0 Å². The molecule has 0 saturated carbocycles. The molecule has 14 heavy (non-hydrogen) atoms. The minimum absolute atomic E-state index is 0.132. The maximum absolute atomic E-state index is 11.5. The molecule has 0 bridgehead atoms. The molecule has 0 amide bonds. The summed E-state index contributed by atoms with van der Waals surface area (Å²) >= 11 is 0. The van der Waals surface area contributed by atoms with Gasteiger partial charge < -0.3 is 9.47 Å². The van der Waals surface area contributed by atoms with E-state index in [4.69, 9.17) is 9.47 Å². The Labute approximate surface area is 82.2 Å². The van der Waals surface area contributed by atoms with Crippen LogP contribution >= 0.6 is 0 Å². The molecule has 1 aliphatic carbocycles. The summed E-state index contributed by atoms with van der Waals surface area (Å²) < 4.78 is 9.94. The third kappa shape index (κ3) is 1.66. The van der Waals surface area contributed by atoms with Gasteiger partial charge in [-0.2, -0.15) is 0 Å². The number of hydrogen-bond donors (Lipinski definition) is 0. The minimum Gasteiger partial charge on any atom is -0.344 e. The molecule has 1 aliphatic rings. The molecule has 0 unspecified atom stereocenters. The van der Waals surface area contributed by atoms with Crippen LogP contribution in [0.4, 0.5) is 0 Å². The summed E-state index contributed by atoms with van der Waals surface area (Å²) in [6.07, 6.45) is 4.13. The van der Waals surface area contributed by atoms with Crippen molar-refractivity contribution in [3.05, 3.63) is 23.8 Å². The molecule has 76 valence electrons. The molecule has 0 aromatic heterocycles. The van der Waals surface area contributed by atoms with E-state index in [2.05, 4.69) is 0 Å². The molecule has 0 aromatic carbocycles. The summed E-state index contributed by atoms with van der Waals surface area (Å²) in [5, 5.41) is 0. The van der Waals surface area contributed by atoms with Crippen molar-refractivity contribution in [2.75, 3.05) is 14.2 Å². The first-order chi connectivity index (χ1) is 6.55. The summed E-state index contributed by atoms with van der Waals surface area (Å²) in [6.45, 7) is 1.42. The maximum Gasteiger partial charge on any atom is 0.253 e. The Kier molecular flexibility index (Phi) is 2.98. The monoisotopic (exact) mass is 196 g/mol. The first kappa shape index (κ1) is 10.8. The maximum atomic E-state index is 11.5. The average Bonchev–Trinajstić information content (AvgIpc) is 2.19. The average molecular weight is 196 g/mol. The van der Waals surface area contributed by atoms with Crippen LogP contribution < -0.4 is 0 Å². The highest BCUT2D eigenvalue weighted by Gasteiger charge is 2.37. The van der Waals surface area contributed by atoms with Crippen molar-refractivity contribution in [1.29, 1.82) is 0 Å². The zero-order valence-electron chi connectivity index (χ0n) is 8.37. The summed E-state index contributed by atoms with van der Waals surface area (Å²) in [5.74, 6) is -1.89. The zero-order valence-corrected chi connectivity index (χ0v) is 8.37. The molecule has 4 nitrogen and oxygen atoms in total. The van der Waals surface area contributed by atoms with Crippen molar-refractivity contribution >= 4 is 11.6 Å². The first-order valence-corrected chi connectivity index (χ1v) is 4.12. The predicted molar refractivity (Wildman–Crippen MR) is 49.7 cm³/mol. The largest absolute Gasteiger partial charge is 0.344 e. The molecular weight excluding hydrogens is 184 g/mol. The Hall–Kier alpha value is -1.26. The number of rotatable bonds is 3. The molecule has 0 aromatic rings. The third-order valence-electron chi connectivity index (χ3n) is 2.12. The van der Waals surface area contributed by atoms with Crippen molar-refractivity contribution < 1.29 is 19.1 Å². The van der Waals surface area contributed by atoms with E-state index in [0.29, 0.717) is 5.57 Å². The van der Waals surface area contributed by atoms with Crippen LogP contribution in [0.15, 0.2) is 23.8 Å². The van der Waals surface area contributed by atoms with E-state index >= 15 is 0 Å². The van der Waals surface area contributed by atoms with Crippen LogP contribution in [0, 0.1) is 0 Å². The fourth-order valence-electron chi connectivity index (χ4n) is 1.23. The molecule has 0 saturated heterocycles. The number of carbonyl (C=O) groups excluding carboxylic acids is 2. The van der Waals surface area contributed by atoms with Crippen molar-refractivity contribution in [2.45, 2.75) is 12.7 Å². The number of allylic oxidation sites excluding steroid dienone is 2. The fourth-order valence-corrected chi connectivity index (χ4v) is 1.23. The molecule has 4 heteroatoms. The molecule has 1 rings (SSSR count). The summed E-state index contributed by atoms with van der Waals surface area (Å²) in [5.41, 5.74) is 0.410. The van der Waals surface area contributed by atoms with Crippen LogP contribution in [0.3, 0.4) is 0 Å². The van der Waals surface area contributed by atoms with Gasteiger partial charge in [0.15, 0.2) is 5.78 Å². The zero-order chi connectivity index (χ0) is 10.8. The van der Waals surface area contributed by atoms with Gasteiger partial charge in [-0.05, 0) is 25.2 Å². The van der Waals surface area contributed by atoms with Gasteiger partial charge in [0, 0.05) is 19.8 Å². The number of carbonyl (C=O) groups is 2. The number of methoxy groups -OCH3 is 2. The number of ether oxygens (including phenoxy) is 2. The minimum atomic E-state index is -1.43. The Morgan fingerprint density at radius 1 is 1.29 bits per heavy atom. The second kappa shape index (κ2) is 3.86. The van der Waals surface area contributed by atoms with Gasteiger partial charge in [-0.15, -0.1) is 0 Å². The summed E-state index contributed by atoms with van der Waals surface area (Å²) in [4.78, 5) is 22.5. The number of hydrogen-bond acceptors (Lipinski definition) is 4. The van der Waals surface area contributed by atoms with E-state index in [1.807, 2.05) is 0 Å². The quantitative estimate of drug-likeness (QED) is 0.621. The first-order valence-electron chi connectivity index (χ1n) is 4.12. The van der Waals surface area contributed by atoms with E-state index < -0.39 is 5.79 Å². The van der Waals surface area contributed by atoms with Crippen LogP contribution in [0.25, 0.3) is 0 Å². The van der Waals surface area contributed by atoms with Gasteiger partial charge in [-0.3, -0.25) is 9.59 Å². The van der Waals surface area contributed by atoms with E-state index in [1.54, 1.807) is 0 Å². The van der Waals surface area contributed by atoms with E-state index in [-0.39, 0.29) is 11.6 Å². The lowest BCUT2D eigenvalue weighted by Gasteiger charge is -2.27. The smallest absolute Gasteiger partial charge is 0.253 e. The highest BCUT2D eigenvalue weighted by Crippen LogP contribution is 2.22. The third-order valence-corrected chi connectivity index (χ3v) is 2.12. The second-order valence-corrected chi connectivity index (χ2v) is 2.93. The predicted octanol–water partition coefficient (Wildman–Crippen LogP) is 0.630. The SMILES string of the molecule is COC1(OC)C=C(C(C)=O)C=CC1=O. The van der Waals surface area contributed by atoms with E-state index in [1.165, 1.54) is 39.4 Å². The lowest BCUT2D eigenvalue weighted by Crippen LogP contribution is -2.41. The Morgan fingerprint density at radius 2 is 1.86 bits per heavy atom. The van der Waals surface area contributed by atoms with Gasteiger partial charge >= 0.3 is 0 Å². The Morgan fingerprint density at radius 3 is 2.29 bits per heavy atom. The molecule has 0 N–H and O–H groups in total. The highest BCUT2D eigenvalue weighted by atomic mass is 16.7. The normalized spacial score (nSPS) is 19.4. The lowest BCUT2D eigenvalue weighted by atomic mass is 9.98. The Balaban J connectivity index is 3.12. The summed E-state index contributed by atoms with van der Waals surface area (Å²) in [7, 11) is 2.71. The lowest BCUT2D eigenvalue weighted by molar-refractivity contribution is -0.181. The van der Waals surface area contributed by atoms with E-state index in [9.17, 15) is 9.59 Å². The fraction of sp³-hybridized carbons (Fsp3) is 0.400. The van der Waals surface area contributed by atoms with Crippen LogP contribution in [-0.4, -0.2) is 31.6 Å². The molecular formula is C10H12O4. The number of Topliss-reactive ketones (excluding diaryl/α,β-unsaturated/α-hetero) is 1.